The van der Waals surface area contributed by atoms with Crippen LogP contribution in [-0.2, 0) is 0 Å². The number of hydrogen-bond acceptors (Lipinski definition) is 1. The van der Waals surface area contributed by atoms with Crippen molar-refractivity contribution in [3.63, 3.8) is 0 Å². The molecule has 254 valence electrons. The summed E-state index contributed by atoms with van der Waals surface area (Å²) in [6, 6.07) is 78.8. The van der Waals surface area contributed by atoms with Crippen molar-refractivity contribution in [2.24, 2.45) is 0 Å². The topological polar surface area (TPSA) is 8.17 Å². The third-order valence-electron chi connectivity index (χ3n) is 10.6. The third kappa shape index (κ3) is 5.53. The van der Waals surface area contributed by atoms with Crippen LogP contribution < -0.4 is 4.90 Å². The fourth-order valence-electron chi connectivity index (χ4n) is 8.11. The molecule has 1 heterocycles. The van der Waals surface area contributed by atoms with Crippen LogP contribution in [0.4, 0.5) is 17.1 Å². The van der Waals surface area contributed by atoms with Crippen LogP contribution in [0.5, 0.6) is 0 Å². The van der Waals surface area contributed by atoms with Gasteiger partial charge in [0.1, 0.15) is 0 Å². The lowest BCUT2D eigenvalue weighted by molar-refractivity contribution is 1.17. The summed E-state index contributed by atoms with van der Waals surface area (Å²) in [7, 11) is 0. The average molecular weight is 689 g/mol. The van der Waals surface area contributed by atoms with Gasteiger partial charge in [0.05, 0.1) is 11.0 Å². The van der Waals surface area contributed by atoms with Crippen molar-refractivity contribution >= 4 is 49.6 Å². The summed E-state index contributed by atoms with van der Waals surface area (Å²) >= 11 is 0. The van der Waals surface area contributed by atoms with Crippen molar-refractivity contribution in [1.29, 1.82) is 0 Å². The molecule has 0 aliphatic rings. The van der Waals surface area contributed by atoms with Gasteiger partial charge in [0.15, 0.2) is 0 Å². The van der Waals surface area contributed by atoms with E-state index in [9.17, 15) is 0 Å². The standard InChI is InChI=1S/C52H36N2/c1-3-15-37(16-4-1)46-27-13-17-38-18-14-28-47(52(38)46)41-21-11-19-39(35-41)40-20-12-24-45(36-40)53(42-22-5-2-6-23-42)43-31-33-44(34-32-43)54-50-29-9-7-25-48(50)49-26-8-10-30-51(49)54/h1-36H. The molecule has 2 heteroatoms. The van der Waals surface area contributed by atoms with Crippen LogP contribution in [-0.4, -0.2) is 4.57 Å². The number of anilines is 3. The lowest BCUT2D eigenvalue weighted by Gasteiger charge is -2.26. The van der Waals surface area contributed by atoms with E-state index in [1.165, 1.54) is 66.0 Å². The number of aromatic nitrogens is 1. The third-order valence-corrected chi connectivity index (χ3v) is 10.6. The van der Waals surface area contributed by atoms with Crippen molar-refractivity contribution in [3.8, 4) is 39.1 Å². The number of rotatable bonds is 7. The Morgan fingerprint density at radius 3 is 1.48 bits per heavy atom. The minimum absolute atomic E-state index is 1.10. The van der Waals surface area contributed by atoms with Crippen LogP contribution in [0.2, 0.25) is 0 Å². The van der Waals surface area contributed by atoms with Crippen molar-refractivity contribution in [2.45, 2.75) is 0 Å². The molecule has 0 aliphatic heterocycles. The summed E-state index contributed by atoms with van der Waals surface area (Å²) in [4.78, 5) is 2.35. The van der Waals surface area contributed by atoms with Crippen LogP contribution in [0.15, 0.2) is 218 Å². The summed E-state index contributed by atoms with van der Waals surface area (Å²) in [5.41, 5.74) is 14.1. The second kappa shape index (κ2) is 13.4. The Hall–Kier alpha value is -7.16. The normalized spacial score (nSPS) is 11.3. The molecule has 0 bridgehead atoms. The smallest absolute Gasteiger partial charge is 0.0541 e. The summed E-state index contributed by atoms with van der Waals surface area (Å²) < 4.78 is 2.37. The van der Waals surface area contributed by atoms with E-state index in [0.29, 0.717) is 0 Å². The molecule has 0 saturated heterocycles. The van der Waals surface area contributed by atoms with Gasteiger partial charge >= 0.3 is 0 Å². The average Bonchev–Trinajstić information content (AvgIpc) is 3.59. The van der Waals surface area contributed by atoms with Gasteiger partial charge < -0.3 is 9.47 Å². The minimum atomic E-state index is 1.10. The van der Waals surface area contributed by atoms with Gasteiger partial charge in [-0.1, -0.05) is 152 Å². The quantitative estimate of drug-likeness (QED) is 0.162. The van der Waals surface area contributed by atoms with Crippen molar-refractivity contribution in [3.05, 3.63) is 218 Å². The Balaban J connectivity index is 1.05. The molecule has 0 unspecified atom stereocenters. The summed E-state index contributed by atoms with van der Waals surface area (Å²) in [5.74, 6) is 0. The maximum atomic E-state index is 2.37. The van der Waals surface area contributed by atoms with Gasteiger partial charge in [-0.2, -0.15) is 0 Å². The highest BCUT2D eigenvalue weighted by Crippen LogP contribution is 2.40. The van der Waals surface area contributed by atoms with Gasteiger partial charge in [-0.05, 0) is 111 Å². The van der Waals surface area contributed by atoms with E-state index in [0.717, 1.165) is 22.7 Å². The largest absolute Gasteiger partial charge is 0.310 e. The number of para-hydroxylation sites is 3. The molecule has 0 fully saturated rings. The molecule has 0 saturated carbocycles. The zero-order chi connectivity index (χ0) is 35.8. The molecule has 0 spiro atoms. The predicted octanol–water partition coefficient (Wildman–Crippen LogP) is 14.4. The molecular weight excluding hydrogens is 653 g/mol. The zero-order valence-electron chi connectivity index (χ0n) is 29.7. The maximum Gasteiger partial charge on any atom is 0.0541 e. The van der Waals surface area contributed by atoms with Crippen LogP contribution in [0, 0.1) is 0 Å². The molecular formula is C52H36N2. The van der Waals surface area contributed by atoms with Gasteiger partial charge in [0, 0.05) is 33.5 Å². The number of fused-ring (bicyclic) bond motifs is 4. The van der Waals surface area contributed by atoms with Crippen LogP contribution in [0.3, 0.4) is 0 Å². The number of benzene rings is 9. The summed E-state index contributed by atoms with van der Waals surface area (Å²) in [6.07, 6.45) is 0. The molecule has 54 heavy (non-hydrogen) atoms. The van der Waals surface area contributed by atoms with E-state index < -0.39 is 0 Å². The van der Waals surface area contributed by atoms with Gasteiger partial charge in [-0.25, -0.2) is 0 Å². The highest BCUT2D eigenvalue weighted by molar-refractivity contribution is 6.09. The van der Waals surface area contributed by atoms with Crippen molar-refractivity contribution < 1.29 is 0 Å². The fourth-order valence-corrected chi connectivity index (χ4v) is 8.11. The highest BCUT2D eigenvalue weighted by Gasteiger charge is 2.16. The summed E-state index contributed by atoms with van der Waals surface area (Å²) in [6.45, 7) is 0. The first-order valence-electron chi connectivity index (χ1n) is 18.5. The molecule has 0 radical (unpaired) electrons. The zero-order valence-corrected chi connectivity index (χ0v) is 29.7. The van der Waals surface area contributed by atoms with Crippen LogP contribution in [0.25, 0.3) is 71.6 Å². The highest BCUT2D eigenvalue weighted by atomic mass is 15.1. The van der Waals surface area contributed by atoms with Crippen LogP contribution in [0.1, 0.15) is 0 Å². The Kier molecular flexibility index (Phi) is 7.85. The van der Waals surface area contributed by atoms with Crippen molar-refractivity contribution in [2.75, 3.05) is 4.90 Å². The lowest BCUT2D eigenvalue weighted by Crippen LogP contribution is -2.10. The number of hydrogen-bond donors (Lipinski definition) is 0. The van der Waals surface area contributed by atoms with Gasteiger partial charge in [0.25, 0.3) is 0 Å². The number of nitrogens with zero attached hydrogens (tertiary/aromatic N) is 2. The SMILES string of the molecule is c1ccc(-c2cccc3cccc(-c4cccc(-c5cccc(N(c6ccccc6)c6ccc(-n7c8ccccc8c8ccccc87)cc6)c5)c4)c23)cc1. The van der Waals surface area contributed by atoms with E-state index in [1.54, 1.807) is 0 Å². The van der Waals surface area contributed by atoms with E-state index in [4.69, 9.17) is 0 Å². The van der Waals surface area contributed by atoms with E-state index in [2.05, 4.69) is 228 Å². The molecule has 0 amide bonds. The van der Waals surface area contributed by atoms with Crippen LogP contribution >= 0.6 is 0 Å². The molecule has 10 aromatic rings. The second-order valence-corrected chi connectivity index (χ2v) is 13.8. The summed E-state index contributed by atoms with van der Waals surface area (Å²) in [5, 5.41) is 5.04. The first-order chi connectivity index (χ1) is 26.8. The Labute approximate surface area is 315 Å². The predicted molar refractivity (Wildman–Crippen MR) is 229 cm³/mol. The van der Waals surface area contributed by atoms with E-state index in [-0.39, 0.29) is 0 Å². The first kappa shape index (κ1) is 31.6. The monoisotopic (exact) mass is 688 g/mol. The molecule has 10 rings (SSSR count). The Morgan fingerprint density at radius 2 is 0.796 bits per heavy atom. The van der Waals surface area contributed by atoms with Crippen molar-refractivity contribution in [1.82, 2.24) is 4.57 Å². The van der Waals surface area contributed by atoms with E-state index >= 15 is 0 Å². The maximum absolute atomic E-state index is 2.37. The molecule has 0 atom stereocenters. The fraction of sp³-hybridized carbons (Fsp3) is 0. The minimum Gasteiger partial charge on any atom is -0.310 e. The van der Waals surface area contributed by atoms with E-state index in [1.807, 2.05) is 0 Å². The second-order valence-electron chi connectivity index (χ2n) is 13.8. The van der Waals surface area contributed by atoms with Gasteiger partial charge in [-0.15, -0.1) is 0 Å². The van der Waals surface area contributed by atoms with Gasteiger partial charge in [-0.3, -0.25) is 0 Å². The molecule has 0 N–H and O–H groups in total. The van der Waals surface area contributed by atoms with Gasteiger partial charge in [0.2, 0.25) is 0 Å². The molecule has 9 aromatic carbocycles. The molecule has 1 aromatic heterocycles. The Morgan fingerprint density at radius 1 is 0.315 bits per heavy atom. The lowest BCUT2D eigenvalue weighted by atomic mass is 9.90. The molecule has 0 aliphatic carbocycles. The Bertz CT molecular complexity index is 2860. The first-order valence-corrected chi connectivity index (χ1v) is 18.5. The molecule has 2 nitrogen and oxygen atoms in total.